The van der Waals surface area contributed by atoms with E-state index in [2.05, 4.69) is 9.82 Å². The SMILES string of the molecule is Cn1ncc2cc(NS(=O)(=O)c3cccc(Cl)c3)ccc21. The Kier molecular flexibility index (Phi) is 3.35. The minimum atomic E-state index is -3.66. The highest BCUT2D eigenvalue weighted by atomic mass is 35.5. The molecule has 0 saturated heterocycles. The zero-order valence-corrected chi connectivity index (χ0v) is 12.7. The zero-order valence-electron chi connectivity index (χ0n) is 11.1. The van der Waals surface area contributed by atoms with Crippen LogP contribution in [0.3, 0.4) is 0 Å². The van der Waals surface area contributed by atoms with Crippen LogP contribution < -0.4 is 4.72 Å². The Bertz CT molecular complexity index is 919. The molecule has 5 nitrogen and oxygen atoms in total. The molecule has 0 spiro atoms. The van der Waals surface area contributed by atoms with Crippen molar-refractivity contribution in [2.45, 2.75) is 4.90 Å². The van der Waals surface area contributed by atoms with Gasteiger partial charge in [0.25, 0.3) is 10.0 Å². The first-order valence-corrected chi connectivity index (χ1v) is 8.02. The number of benzene rings is 2. The summed E-state index contributed by atoms with van der Waals surface area (Å²) in [7, 11) is -1.83. The lowest BCUT2D eigenvalue weighted by atomic mass is 10.2. The van der Waals surface area contributed by atoms with E-state index in [9.17, 15) is 8.42 Å². The van der Waals surface area contributed by atoms with Crippen molar-refractivity contribution in [2.75, 3.05) is 4.72 Å². The number of anilines is 1. The average molecular weight is 322 g/mol. The van der Waals surface area contributed by atoms with Crippen LogP contribution in [0.25, 0.3) is 10.9 Å². The van der Waals surface area contributed by atoms with E-state index in [0.717, 1.165) is 10.9 Å². The summed E-state index contributed by atoms with van der Waals surface area (Å²) in [4.78, 5) is 0.126. The Labute approximate surface area is 127 Å². The Morgan fingerprint density at radius 2 is 2.00 bits per heavy atom. The Hall–Kier alpha value is -2.05. The molecule has 3 aromatic rings. The predicted molar refractivity (Wildman–Crippen MR) is 83.0 cm³/mol. The van der Waals surface area contributed by atoms with Crippen LogP contribution in [0.4, 0.5) is 5.69 Å². The topological polar surface area (TPSA) is 64.0 Å². The molecule has 0 atom stereocenters. The summed E-state index contributed by atoms with van der Waals surface area (Å²) in [5, 5.41) is 5.37. The number of fused-ring (bicyclic) bond motifs is 1. The number of rotatable bonds is 3. The second kappa shape index (κ2) is 5.05. The molecule has 7 heteroatoms. The minimum Gasteiger partial charge on any atom is -0.280 e. The van der Waals surface area contributed by atoms with Crippen molar-refractivity contribution in [1.29, 1.82) is 0 Å². The van der Waals surface area contributed by atoms with Gasteiger partial charge >= 0.3 is 0 Å². The first-order valence-electron chi connectivity index (χ1n) is 6.16. The van der Waals surface area contributed by atoms with Crippen LogP contribution in [-0.2, 0) is 17.1 Å². The van der Waals surface area contributed by atoms with E-state index >= 15 is 0 Å². The van der Waals surface area contributed by atoms with Crippen molar-refractivity contribution in [2.24, 2.45) is 7.05 Å². The average Bonchev–Trinajstić information content (AvgIpc) is 2.79. The Morgan fingerprint density at radius 3 is 2.76 bits per heavy atom. The molecule has 0 fully saturated rings. The van der Waals surface area contributed by atoms with E-state index in [1.54, 1.807) is 35.1 Å². The van der Waals surface area contributed by atoms with E-state index in [-0.39, 0.29) is 4.90 Å². The standard InChI is InChI=1S/C14H12ClN3O2S/c1-18-14-6-5-12(7-10(14)9-16-18)17-21(19,20)13-4-2-3-11(15)8-13/h2-9,17H,1H3. The monoisotopic (exact) mass is 321 g/mol. The molecular weight excluding hydrogens is 310 g/mol. The summed E-state index contributed by atoms with van der Waals surface area (Å²) in [6.45, 7) is 0. The summed E-state index contributed by atoms with van der Waals surface area (Å²) < 4.78 is 28.9. The third kappa shape index (κ3) is 2.72. The van der Waals surface area contributed by atoms with Crippen molar-refractivity contribution in [3.8, 4) is 0 Å². The van der Waals surface area contributed by atoms with Gasteiger partial charge < -0.3 is 0 Å². The minimum absolute atomic E-state index is 0.126. The summed E-state index contributed by atoms with van der Waals surface area (Å²) >= 11 is 5.83. The molecule has 0 aliphatic heterocycles. The van der Waals surface area contributed by atoms with Gasteiger partial charge in [-0.1, -0.05) is 17.7 Å². The molecule has 0 bridgehead atoms. The van der Waals surface area contributed by atoms with Crippen LogP contribution in [0.2, 0.25) is 5.02 Å². The van der Waals surface area contributed by atoms with E-state index in [4.69, 9.17) is 11.6 Å². The lowest BCUT2D eigenvalue weighted by Gasteiger charge is -2.08. The highest BCUT2D eigenvalue weighted by Gasteiger charge is 2.14. The van der Waals surface area contributed by atoms with Crippen molar-refractivity contribution < 1.29 is 8.42 Å². The number of aryl methyl sites for hydroxylation is 1. The first kappa shape index (κ1) is 13.9. The predicted octanol–water partition coefficient (Wildman–Crippen LogP) is 3.03. The second-order valence-electron chi connectivity index (χ2n) is 4.60. The van der Waals surface area contributed by atoms with Crippen molar-refractivity contribution in [1.82, 2.24) is 9.78 Å². The van der Waals surface area contributed by atoms with E-state index in [0.29, 0.717) is 10.7 Å². The summed E-state index contributed by atoms with van der Waals surface area (Å²) in [6.07, 6.45) is 1.69. The lowest BCUT2D eigenvalue weighted by molar-refractivity contribution is 0.601. The van der Waals surface area contributed by atoms with Crippen LogP contribution in [0, 0.1) is 0 Å². The number of hydrogen-bond acceptors (Lipinski definition) is 3. The van der Waals surface area contributed by atoms with Gasteiger partial charge in [-0.2, -0.15) is 5.10 Å². The fourth-order valence-corrected chi connectivity index (χ4v) is 3.43. The van der Waals surface area contributed by atoms with Gasteiger partial charge in [0.2, 0.25) is 0 Å². The highest BCUT2D eigenvalue weighted by molar-refractivity contribution is 7.92. The molecule has 1 aromatic heterocycles. The van der Waals surface area contributed by atoms with E-state index in [1.165, 1.54) is 12.1 Å². The third-order valence-corrected chi connectivity index (χ3v) is 4.72. The normalized spacial score (nSPS) is 11.7. The quantitative estimate of drug-likeness (QED) is 0.806. The molecule has 1 heterocycles. The molecule has 0 saturated carbocycles. The fourth-order valence-electron chi connectivity index (χ4n) is 2.08. The van der Waals surface area contributed by atoms with Crippen LogP contribution in [-0.4, -0.2) is 18.2 Å². The molecule has 0 radical (unpaired) electrons. The van der Waals surface area contributed by atoms with Crippen molar-refractivity contribution in [3.63, 3.8) is 0 Å². The number of halogens is 1. The van der Waals surface area contributed by atoms with Gasteiger partial charge in [0.05, 0.1) is 16.6 Å². The number of nitrogens with zero attached hydrogens (tertiary/aromatic N) is 2. The van der Waals surface area contributed by atoms with Crippen LogP contribution in [0.15, 0.2) is 53.6 Å². The molecule has 2 aromatic carbocycles. The fraction of sp³-hybridized carbons (Fsp3) is 0.0714. The molecule has 0 amide bonds. The van der Waals surface area contributed by atoms with Gasteiger partial charge in [-0.25, -0.2) is 8.42 Å². The number of hydrogen-bond donors (Lipinski definition) is 1. The maximum atomic E-state index is 12.3. The smallest absolute Gasteiger partial charge is 0.261 e. The van der Waals surface area contributed by atoms with Crippen molar-refractivity contribution in [3.05, 3.63) is 53.7 Å². The lowest BCUT2D eigenvalue weighted by Crippen LogP contribution is -2.12. The maximum Gasteiger partial charge on any atom is 0.261 e. The molecule has 3 rings (SSSR count). The van der Waals surface area contributed by atoms with Crippen molar-refractivity contribution >= 4 is 38.2 Å². The molecule has 21 heavy (non-hydrogen) atoms. The molecule has 108 valence electrons. The number of aromatic nitrogens is 2. The molecular formula is C14H12ClN3O2S. The van der Waals surface area contributed by atoms with E-state index in [1.807, 2.05) is 13.1 Å². The maximum absolute atomic E-state index is 12.3. The van der Waals surface area contributed by atoms with Gasteiger partial charge in [-0.05, 0) is 36.4 Å². The second-order valence-corrected chi connectivity index (χ2v) is 6.72. The Morgan fingerprint density at radius 1 is 1.19 bits per heavy atom. The Balaban J connectivity index is 1.97. The van der Waals surface area contributed by atoms with Crippen LogP contribution in [0.5, 0.6) is 0 Å². The number of nitrogens with one attached hydrogen (secondary N) is 1. The molecule has 1 N–H and O–H groups in total. The molecule has 0 aliphatic rings. The zero-order chi connectivity index (χ0) is 15.0. The molecule has 0 aliphatic carbocycles. The van der Waals surface area contributed by atoms with Gasteiger partial charge in [-0.3, -0.25) is 9.40 Å². The van der Waals surface area contributed by atoms with Gasteiger partial charge in [0.1, 0.15) is 0 Å². The summed E-state index contributed by atoms with van der Waals surface area (Å²) in [5.74, 6) is 0. The van der Waals surface area contributed by atoms with Gasteiger partial charge in [0, 0.05) is 23.1 Å². The number of sulfonamides is 1. The third-order valence-electron chi connectivity index (χ3n) is 3.10. The molecule has 0 unspecified atom stereocenters. The summed E-state index contributed by atoms with van der Waals surface area (Å²) in [5.41, 5.74) is 1.41. The summed E-state index contributed by atoms with van der Waals surface area (Å²) in [6, 6.07) is 11.4. The van der Waals surface area contributed by atoms with Crippen LogP contribution >= 0.6 is 11.6 Å². The van der Waals surface area contributed by atoms with Gasteiger partial charge in [0.15, 0.2) is 0 Å². The largest absolute Gasteiger partial charge is 0.280 e. The van der Waals surface area contributed by atoms with Crippen LogP contribution in [0.1, 0.15) is 0 Å². The van der Waals surface area contributed by atoms with E-state index < -0.39 is 10.0 Å². The van der Waals surface area contributed by atoms with Gasteiger partial charge in [-0.15, -0.1) is 0 Å². The first-order chi connectivity index (χ1) is 9.95. The highest BCUT2D eigenvalue weighted by Crippen LogP contribution is 2.22.